The first-order valence-electron chi connectivity index (χ1n) is 9.31. The van der Waals surface area contributed by atoms with Crippen molar-refractivity contribution in [3.8, 4) is 11.8 Å². The molecule has 0 radical (unpaired) electrons. The Morgan fingerprint density at radius 3 is 2.41 bits per heavy atom. The largest absolute Gasteiger partial charge is 0.488 e. The van der Waals surface area contributed by atoms with Gasteiger partial charge in [0.15, 0.2) is 0 Å². The number of halogens is 1. The minimum atomic E-state index is 0.448. The number of fused-ring (bicyclic) bond motifs is 1. The molecule has 0 unspecified atom stereocenters. The molecule has 29 heavy (non-hydrogen) atoms. The van der Waals surface area contributed by atoms with Gasteiger partial charge < -0.3 is 4.74 Å². The highest BCUT2D eigenvalue weighted by Gasteiger charge is 2.08. The van der Waals surface area contributed by atoms with E-state index in [-0.39, 0.29) is 0 Å². The molecular weight excluding hydrogens is 378 g/mol. The lowest BCUT2D eigenvalue weighted by molar-refractivity contribution is 0.306. The van der Waals surface area contributed by atoms with Gasteiger partial charge in [0.1, 0.15) is 12.4 Å². The van der Waals surface area contributed by atoms with Crippen LogP contribution in [0.3, 0.4) is 0 Å². The molecule has 140 valence electrons. The minimum Gasteiger partial charge on any atom is -0.488 e. The van der Waals surface area contributed by atoms with Crippen LogP contribution in [0.2, 0.25) is 5.02 Å². The lowest BCUT2D eigenvalue weighted by Crippen LogP contribution is -1.97. The lowest BCUT2D eigenvalue weighted by atomic mass is 10.0. The topological polar surface area (TPSA) is 33.0 Å². The number of hydrogen-bond donors (Lipinski definition) is 0. The van der Waals surface area contributed by atoms with Crippen LogP contribution in [0.1, 0.15) is 16.7 Å². The van der Waals surface area contributed by atoms with E-state index < -0.39 is 0 Å². The zero-order valence-electron chi connectivity index (χ0n) is 15.7. The van der Waals surface area contributed by atoms with Crippen molar-refractivity contribution in [2.45, 2.75) is 6.61 Å². The standard InChI is InChI=1S/C26H18ClNO/c27-25-11-5-4-10-24(25)23(17-28)16-22-9-3-6-12-26(22)29-18-19-13-14-20-7-1-2-8-21(20)15-19/h1-16H,18H2. The van der Waals surface area contributed by atoms with Crippen molar-refractivity contribution in [2.24, 2.45) is 0 Å². The van der Waals surface area contributed by atoms with Crippen molar-refractivity contribution < 1.29 is 4.74 Å². The predicted octanol–water partition coefficient (Wildman–Crippen LogP) is 7.14. The summed E-state index contributed by atoms with van der Waals surface area (Å²) in [5.41, 5.74) is 3.14. The number of ether oxygens (including phenoxy) is 1. The fourth-order valence-electron chi connectivity index (χ4n) is 3.23. The highest BCUT2D eigenvalue weighted by Crippen LogP contribution is 2.29. The third-order valence-electron chi connectivity index (χ3n) is 4.71. The average Bonchev–Trinajstić information content (AvgIpc) is 2.77. The number of nitriles is 1. The molecule has 0 amide bonds. The molecule has 0 N–H and O–H groups in total. The van der Waals surface area contributed by atoms with Crippen LogP contribution in [0.5, 0.6) is 5.75 Å². The summed E-state index contributed by atoms with van der Waals surface area (Å²) < 4.78 is 6.10. The van der Waals surface area contributed by atoms with Gasteiger partial charge in [0, 0.05) is 16.1 Å². The van der Waals surface area contributed by atoms with Gasteiger partial charge >= 0.3 is 0 Å². The molecule has 0 aliphatic rings. The fraction of sp³-hybridized carbons (Fsp3) is 0.0385. The van der Waals surface area contributed by atoms with E-state index in [0.29, 0.717) is 22.8 Å². The quantitative estimate of drug-likeness (QED) is 0.266. The third-order valence-corrected chi connectivity index (χ3v) is 5.04. The number of para-hydroxylation sites is 1. The fourth-order valence-corrected chi connectivity index (χ4v) is 3.46. The molecule has 0 fully saturated rings. The molecule has 4 rings (SSSR count). The van der Waals surface area contributed by atoms with Gasteiger partial charge in [0.2, 0.25) is 0 Å². The maximum atomic E-state index is 9.65. The summed E-state index contributed by atoms with van der Waals surface area (Å²) in [5, 5.41) is 12.6. The highest BCUT2D eigenvalue weighted by atomic mass is 35.5. The Morgan fingerprint density at radius 1 is 0.862 bits per heavy atom. The van der Waals surface area contributed by atoms with E-state index in [1.165, 1.54) is 10.8 Å². The molecular formula is C26H18ClNO. The van der Waals surface area contributed by atoms with E-state index in [0.717, 1.165) is 16.9 Å². The Morgan fingerprint density at radius 2 is 1.59 bits per heavy atom. The number of benzene rings is 4. The molecule has 2 nitrogen and oxygen atoms in total. The second-order valence-corrected chi connectivity index (χ2v) is 7.06. The maximum absolute atomic E-state index is 9.65. The van der Waals surface area contributed by atoms with E-state index in [2.05, 4.69) is 36.4 Å². The smallest absolute Gasteiger partial charge is 0.127 e. The van der Waals surface area contributed by atoms with Crippen LogP contribution >= 0.6 is 11.6 Å². The second kappa shape index (κ2) is 8.65. The number of hydrogen-bond acceptors (Lipinski definition) is 2. The molecule has 0 spiro atoms. The first-order chi connectivity index (χ1) is 14.2. The van der Waals surface area contributed by atoms with Gasteiger partial charge in [0.05, 0.1) is 11.6 Å². The molecule has 0 aliphatic carbocycles. The summed E-state index contributed by atoms with van der Waals surface area (Å²) in [7, 11) is 0. The second-order valence-electron chi connectivity index (χ2n) is 6.66. The molecule has 0 aliphatic heterocycles. The Hall–Kier alpha value is -3.54. The molecule has 0 bridgehead atoms. The van der Waals surface area contributed by atoms with Crippen LogP contribution in [0.4, 0.5) is 0 Å². The molecule has 4 aromatic carbocycles. The van der Waals surface area contributed by atoms with Crippen LogP contribution in [-0.4, -0.2) is 0 Å². The van der Waals surface area contributed by atoms with Crippen LogP contribution < -0.4 is 4.74 Å². The molecule has 3 heteroatoms. The minimum absolute atomic E-state index is 0.448. The first-order valence-corrected chi connectivity index (χ1v) is 9.68. The molecule has 0 aromatic heterocycles. The average molecular weight is 396 g/mol. The van der Waals surface area contributed by atoms with Gasteiger partial charge in [-0.2, -0.15) is 5.26 Å². The van der Waals surface area contributed by atoms with Crippen LogP contribution in [-0.2, 0) is 6.61 Å². The van der Waals surface area contributed by atoms with Gasteiger partial charge in [-0.25, -0.2) is 0 Å². The summed E-state index contributed by atoms with van der Waals surface area (Å²) in [4.78, 5) is 0. The Bertz CT molecular complexity index is 1240. The normalized spacial score (nSPS) is 11.2. The van der Waals surface area contributed by atoms with Crippen molar-refractivity contribution >= 4 is 34.0 Å². The first kappa shape index (κ1) is 18.8. The van der Waals surface area contributed by atoms with E-state index in [4.69, 9.17) is 16.3 Å². The molecule has 0 saturated carbocycles. The van der Waals surface area contributed by atoms with Gasteiger partial charge in [-0.1, -0.05) is 84.4 Å². The molecule has 0 atom stereocenters. The van der Waals surface area contributed by atoms with Crippen molar-refractivity contribution in [1.29, 1.82) is 5.26 Å². The zero-order valence-corrected chi connectivity index (χ0v) is 16.4. The molecule has 0 saturated heterocycles. The van der Waals surface area contributed by atoms with E-state index in [1.54, 1.807) is 6.07 Å². The third kappa shape index (κ3) is 4.32. The molecule has 0 heterocycles. The van der Waals surface area contributed by atoms with Crippen LogP contribution in [0.15, 0.2) is 91.0 Å². The summed E-state index contributed by atoms with van der Waals surface area (Å²) in [6, 6.07) is 31.9. The maximum Gasteiger partial charge on any atom is 0.127 e. The van der Waals surface area contributed by atoms with Gasteiger partial charge in [0.25, 0.3) is 0 Å². The Balaban J connectivity index is 1.61. The summed E-state index contributed by atoms with van der Waals surface area (Å²) >= 11 is 6.27. The van der Waals surface area contributed by atoms with Crippen LogP contribution in [0.25, 0.3) is 22.4 Å². The van der Waals surface area contributed by atoms with E-state index in [1.807, 2.05) is 60.7 Å². The van der Waals surface area contributed by atoms with Gasteiger partial charge in [-0.15, -0.1) is 0 Å². The number of rotatable bonds is 5. The summed E-state index contributed by atoms with van der Waals surface area (Å²) in [5.74, 6) is 0.723. The van der Waals surface area contributed by atoms with Crippen molar-refractivity contribution in [1.82, 2.24) is 0 Å². The van der Waals surface area contributed by atoms with Crippen molar-refractivity contribution in [2.75, 3.05) is 0 Å². The highest BCUT2D eigenvalue weighted by molar-refractivity contribution is 6.32. The van der Waals surface area contributed by atoms with E-state index >= 15 is 0 Å². The SMILES string of the molecule is N#CC(=Cc1ccccc1OCc1ccc2ccccc2c1)c1ccccc1Cl. The molecule has 4 aromatic rings. The van der Waals surface area contributed by atoms with Crippen molar-refractivity contribution in [3.63, 3.8) is 0 Å². The van der Waals surface area contributed by atoms with Gasteiger partial charge in [-0.05, 0) is 40.6 Å². The zero-order chi connectivity index (χ0) is 20.1. The predicted molar refractivity (Wildman–Crippen MR) is 120 cm³/mol. The lowest BCUT2D eigenvalue weighted by Gasteiger charge is -2.11. The number of nitrogens with zero attached hydrogens (tertiary/aromatic N) is 1. The number of allylic oxidation sites excluding steroid dienone is 1. The Labute approximate surface area is 175 Å². The Kier molecular flexibility index (Phi) is 5.61. The van der Waals surface area contributed by atoms with Crippen molar-refractivity contribution in [3.05, 3.63) is 113 Å². The van der Waals surface area contributed by atoms with E-state index in [9.17, 15) is 5.26 Å². The van der Waals surface area contributed by atoms with Gasteiger partial charge in [-0.3, -0.25) is 0 Å². The summed E-state index contributed by atoms with van der Waals surface area (Å²) in [6.07, 6.45) is 1.82. The van der Waals surface area contributed by atoms with Crippen LogP contribution in [0, 0.1) is 11.3 Å². The monoisotopic (exact) mass is 395 g/mol. The summed E-state index contributed by atoms with van der Waals surface area (Å²) in [6.45, 7) is 0.448.